The zero-order valence-electron chi connectivity index (χ0n) is 28.3. The van der Waals surface area contributed by atoms with Gasteiger partial charge in [0, 0.05) is 24.2 Å². The summed E-state index contributed by atoms with van der Waals surface area (Å²) in [7, 11) is 0. The maximum Gasteiger partial charge on any atom is 0.326 e. The van der Waals surface area contributed by atoms with E-state index in [0.29, 0.717) is 29.8 Å². The van der Waals surface area contributed by atoms with Crippen molar-refractivity contribution in [2.75, 3.05) is 29.6 Å². The number of nitrogens with zero attached hydrogens (tertiary/aromatic N) is 3. The predicted molar refractivity (Wildman–Crippen MR) is 190 cm³/mol. The second-order valence-electron chi connectivity index (χ2n) is 11.4. The van der Waals surface area contributed by atoms with Crippen molar-refractivity contribution in [1.82, 2.24) is 41.2 Å². The molecule has 0 unspecified atom stereocenters. The molecule has 2 aromatic heterocycles. The van der Waals surface area contributed by atoms with Crippen molar-refractivity contribution in [2.45, 2.75) is 56.4 Å². The number of anilines is 2. The first-order valence-corrected chi connectivity index (χ1v) is 17.3. The molecule has 22 heteroatoms. The number of aldehydes is 1. The highest BCUT2D eigenvalue weighted by molar-refractivity contribution is 7.98. The Morgan fingerprint density at radius 3 is 2.34 bits per heavy atom. The zero-order chi connectivity index (χ0) is 39.1. The van der Waals surface area contributed by atoms with Gasteiger partial charge in [-0.1, -0.05) is 0 Å². The number of carboxylic acids is 2. The Kier molecular flexibility index (Phi) is 15.6. The van der Waals surface area contributed by atoms with E-state index in [1.54, 1.807) is 18.4 Å². The summed E-state index contributed by atoms with van der Waals surface area (Å²) in [6.45, 7) is -0.278. The Morgan fingerprint density at radius 1 is 0.981 bits per heavy atom. The number of aromatic nitrogens is 4. The third-order valence-corrected chi connectivity index (χ3v) is 8.01. The fourth-order valence-corrected chi connectivity index (χ4v) is 5.02. The Hall–Kier alpha value is -6.16. The number of hydrogen-bond donors (Lipinski definition) is 10. The summed E-state index contributed by atoms with van der Waals surface area (Å²) in [5, 5.41) is 31.2. The van der Waals surface area contributed by atoms with Gasteiger partial charge in [0.2, 0.25) is 23.7 Å². The summed E-state index contributed by atoms with van der Waals surface area (Å²) >= 11 is 1.44. The molecule has 0 fully saturated rings. The molecule has 0 spiro atoms. The number of benzene rings is 1. The molecule has 1 aromatic carbocycles. The minimum absolute atomic E-state index is 0.0149. The summed E-state index contributed by atoms with van der Waals surface area (Å²) in [6, 6.07) is 0.685. The van der Waals surface area contributed by atoms with E-state index in [1.807, 2.05) is 0 Å². The number of aliphatic carboxylic acids is 2. The number of carbonyl (C=O) groups is 7. The molecule has 2 heterocycles. The van der Waals surface area contributed by atoms with Crippen LogP contribution in [0.2, 0.25) is 0 Å². The summed E-state index contributed by atoms with van der Waals surface area (Å²) < 4.78 is 0. The van der Waals surface area contributed by atoms with Crippen molar-refractivity contribution in [3.63, 3.8) is 0 Å². The SMILES string of the molecule is CSCC[C@@H](C=O)NC(=O)[C@H](CC(=O)O)NC(=O)[C@@H](N)CNC(=O)CC[C@@H](NC(=O)c1ccc(NCc2cnc3nc(N)[nH]c(=O)c3n2)cc1)C(=O)O. The topological polar surface area (TPSA) is 344 Å². The Balaban J connectivity index is 1.47. The number of nitrogen functional groups attached to an aromatic ring is 1. The van der Waals surface area contributed by atoms with Crippen molar-refractivity contribution in [2.24, 2.45) is 5.73 Å². The maximum atomic E-state index is 12.8. The zero-order valence-corrected chi connectivity index (χ0v) is 29.1. The van der Waals surface area contributed by atoms with Crippen LogP contribution < -0.4 is 43.6 Å². The van der Waals surface area contributed by atoms with Gasteiger partial charge in [-0.15, -0.1) is 0 Å². The van der Waals surface area contributed by atoms with Gasteiger partial charge in [-0.2, -0.15) is 16.7 Å². The molecule has 0 saturated heterocycles. The van der Waals surface area contributed by atoms with Gasteiger partial charge in [0.1, 0.15) is 24.4 Å². The largest absolute Gasteiger partial charge is 0.481 e. The first kappa shape index (κ1) is 41.3. The number of rotatable bonds is 21. The Morgan fingerprint density at radius 2 is 1.70 bits per heavy atom. The Bertz CT molecular complexity index is 1880. The molecule has 21 nitrogen and oxygen atoms in total. The van der Waals surface area contributed by atoms with Gasteiger partial charge in [-0.3, -0.25) is 33.8 Å². The van der Waals surface area contributed by atoms with Crippen LogP contribution in [0.5, 0.6) is 0 Å². The molecule has 12 N–H and O–H groups in total. The lowest BCUT2D eigenvalue weighted by molar-refractivity contribution is -0.141. The lowest BCUT2D eigenvalue weighted by Crippen LogP contribution is -2.56. The number of nitrogens with two attached hydrogens (primary N) is 2. The molecule has 0 aliphatic carbocycles. The standard InChI is InChI=1S/C31H39N11O10S/c1-53-9-8-17(14-43)38-28(49)21(10-23(45)46)40-27(48)19(32)13-35-22(44)7-6-20(30(51)52)39-26(47)15-2-4-16(5-3-15)34-11-18-12-36-25-24(37-18)29(50)42-31(33)41-25/h2-5,12,14,17,19-21,34H,6-11,13,32H2,1H3,(H,35,44)(H,38,49)(H,39,47)(H,40,48)(H,45,46)(H,51,52)(H3,33,36,41,42,50)/t17-,19-,20+,21-/m0/s1. The average Bonchev–Trinajstić information content (AvgIpc) is 3.12. The molecule has 3 aromatic rings. The van der Waals surface area contributed by atoms with Gasteiger partial charge in [-0.25, -0.2) is 14.8 Å². The molecule has 0 radical (unpaired) electrons. The molecule has 4 amide bonds. The second kappa shape index (κ2) is 20.0. The number of carbonyl (C=O) groups excluding carboxylic acids is 5. The molecule has 0 aliphatic rings. The number of nitrogens with one attached hydrogen (secondary N) is 6. The number of thioether (sulfide) groups is 1. The summed E-state index contributed by atoms with van der Waals surface area (Å²) in [6.07, 6.45) is 2.52. The predicted octanol–water partition coefficient (Wildman–Crippen LogP) is -2.29. The summed E-state index contributed by atoms with van der Waals surface area (Å²) in [5.41, 5.74) is 12.0. The van der Waals surface area contributed by atoms with E-state index in [1.165, 1.54) is 30.1 Å². The molecule has 0 saturated carbocycles. The number of H-pyrrole nitrogens is 1. The van der Waals surface area contributed by atoms with Crippen molar-refractivity contribution < 1.29 is 43.8 Å². The molecule has 0 aliphatic heterocycles. The fourth-order valence-electron chi connectivity index (χ4n) is 4.53. The second-order valence-corrected chi connectivity index (χ2v) is 12.4. The highest BCUT2D eigenvalue weighted by atomic mass is 32.2. The van der Waals surface area contributed by atoms with Crippen LogP contribution >= 0.6 is 11.8 Å². The van der Waals surface area contributed by atoms with Crippen LogP contribution in [0, 0.1) is 0 Å². The lowest BCUT2D eigenvalue weighted by atomic mass is 10.1. The monoisotopic (exact) mass is 757 g/mol. The number of hydrogen-bond acceptors (Lipinski definition) is 15. The molecule has 284 valence electrons. The first-order valence-electron chi connectivity index (χ1n) is 15.9. The van der Waals surface area contributed by atoms with Gasteiger partial charge in [0.15, 0.2) is 11.2 Å². The fraction of sp³-hybridized carbons (Fsp3) is 0.387. The smallest absolute Gasteiger partial charge is 0.326 e. The third kappa shape index (κ3) is 13.2. The average molecular weight is 758 g/mol. The van der Waals surface area contributed by atoms with Crippen LogP contribution in [0.4, 0.5) is 11.6 Å². The van der Waals surface area contributed by atoms with Gasteiger partial charge in [0.25, 0.3) is 11.5 Å². The van der Waals surface area contributed by atoms with E-state index in [9.17, 15) is 48.6 Å². The van der Waals surface area contributed by atoms with Crippen LogP contribution in [-0.2, 0) is 35.3 Å². The molecule has 0 bridgehead atoms. The van der Waals surface area contributed by atoms with Crippen molar-refractivity contribution in [1.29, 1.82) is 0 Å². The van der Waals surface area contributed by atoms with E-state index in [0.717, 1.165) is 0 Å². The van der Waals surface area contributed by atoms with Crippen molar-refractivity contribution in [3.8, 4) is 0 Å². The van der Waals surface area contributed by atoms with Crippen LogP contribution in [0.25, 0.3) is 11.2 Å². The number of aromatic amines is 1. The number of fused-ring (bicyclic) bond motifs is 1. The van der Waals surface area contributed by atoms with E-state index < -0.39 is 78.3 Å². The van der Waals surface area contributed by atoms with Crippen LogP contribution in [-0.4, -0.2) is 115 Å². The third-order valence-electron chi connectivity index (χ3n) is 7.36. The minimum Gasteiger partial charge on any atom is -0.481 e. The lowest BCUT2D eigenvalue weighted by Gasteiger charge is -2.21. The molecular formula is C31H39N11O10S. The molecular weight excluding hydrogens is 718 g/mol. The number of amides is 4. The highest BCUT2D eigenvalue weighted by Crippen LogP contribution is 2.12. The molecule has 3 rings (SSSR count). The highest BCUT2D eigenvalue weighted by Gasteiger charge is 2.28. The minimum atomic E-state index is -1.55. The van der Waals surface area contributed by atoms with Crippen molar-refractivity contribution >= 4 is 76.4 Å². The van der Waals surface area contributed by atoms with Crippen LogP contribution in [0.3, 0.4) is 0 Å². The van der Waals surface area contributed by atoms with Gasteiger partial charge in [-0.05, 0) is 49.1 Å². The van der Waals surface area contributed by atoms with E-state index in [-0.39, 0.29) is 42.1 Å². The normalized spacial score (nSPS) is 13.1. The van der Waals surface area contributed by atoms with Gasteiger partial charge >= 0.3 is 11.9 Å². The Labute approximate surface area is 304 Å². The molecule has 4 atom stereocenters. The molecule has 53 heavy (non-hydrogen) atoms. The van der Waals surface area contributed by atoms with Crippen molar-refractivity contribution in [3.05, 3.63) is 52.1 Å². The van der Waals surface area contributed by atoms with Gasteiger partial charge in [0.05, 0.1) is 30.9 Å². The maximum absolute atomic E-state index is 12.8. The quantitative estimate of drug-likeness (QED) is 0.0511. The van der Waals surface area contributed by atoms with Crippen LogP contribution in [0.1, 0.15) is 41.7 Å². The van der Waals surface area contributed by atoms with E-state index in [2.05, 4.69) is 46.5 Å². The summed E-state index contributed by atoms with van der Waals surface area (Å²) in [4.78, 5) is 111. The first-order chi connectivity index (χ1) is 25.2. The van der Waals surface area contributed by atoms with Gasteiger partial charge < -0.3 is 53.1 Å². The van der Waals surface area contributed by atoms with Crippen LogP contribution in [0.15, 0.2) is 35.3 Å². The van der Waals surface area contributed by atoms with E-state index in [4.69, 9.17) is 11.5 Å². The summed E-state index contributed by atoms with van der Waals surface area (Å²) in [5.74, 6) is -5.63. The van der Waals surface area contributed by atoms with E-state index >= 15 is 0 Å². The number of carboxylic acid groups (broad SMARTS) is 2.